The van der Waals surface area contributed by atoms with Crippen molar-refractivity contribution in [2.45, 2.75) is 11.4 Å². The molecule has 7 heteroatoms. The Morgan fingerprint density at radius 3 is 2.93 bits per heavy atom. The molecule has 2 aliphatic rings. The highest BCUT2D eigenvalue weighted by atomic mass is 35.5. The van der Waals surface area contributed by atoms with Crippen molar-refractivity contribution in [2.24, 2.45) is 5.73 Å². The average molecular weight is 237 g/mol. The molecule has 2 aliphatic heterocycles. The van der Waals surface area contributed by atoms with Crippen molar-refractivity contribution in [3.63, 3.8) is 0 Å². The first-order valence-electron chi connectivity index (χ1n) is 3.74. The van der Waals surface area contributed by atoms with E-state index in [4.69, 9.17) is 10.8 Å². The number of amides is 1. The van der Waals surface area contributed by atoms with Gasteiger partial charge < -0.3 is 15.7 Å². The highest BCUT2D eigenvalue weighted by Crippen LogP contribution is 2.34. The maximum Gasteiger partial charge on any atom is 0.333 e. The van der Waals surface area contributed by atoms with E-state index in [2.05, 4.69) is 0 Å². The van der Waals surface area contributed by atoms with Crippen LogP contribution in [-0.4, -0.2) is 39.1 Å². The van der Waals surface area contributed by atoms with Crippen LogP contribution in [0.4, 0.5) is 0 Å². The molecule has 1 fully saturated rings. The molecule has 0 aromatic rings. The number of aliphatic carboxylic acids is 1. The fourth-order valence-electron chi connectivity index (χ4n) is 1.33. The lowest BCUT2D eigenvalue weighted by Crippen LogP contribution is -2.66. The molecule has 0 bridgehead atoms. The van der Waals surface area contributed by atoms with Gasteiger partial charge in [-0.2, -0.15) is 0 Å². The molecule has 0 aromatic heterocycles. The Labute approximate surface area is 90.7 Å². The van der Waals surface area contributed by atoms with Crippen LogP contribution in [0.2, 0.25) is 0 Å². The fraction of sp³-hybridized carbons (Fsp3) is 0.429. The van der Waals surface area contributed by atoms with E-state index >= 15 is 0 Å². The standard InChI is InChI=1S/C7H8N2O3S.ClH/c8-4-5(10)9-1-3(7(11)12)2-13-6(4)9;/h1,4,6H,2,8H2,(H,11,12);1H/t4?,6-;/m1./s1. The molecule has 5 nitrogen and oxygen atoms in total. The Kier molecular flexibility index (Phi) is 3.08. The van der Waals surface area contributed by atoms with E-state index in [0.29, 0.717) is 5.75 Å². The van der Waals surface area contributed by atoms with Gasteiger partial charge in [0.2, 0.25) is 5.91 Å². The summed E-state index contributed by atoms with van der Waals surface area (Å²) in [6.07, 6.45) is 1.38. The van der Waals surface area contributed by atoms with Gasteiger partial charge in [-0.05, 0) is 0 Å². The number of halogens is 1. The summed E-state index contributed by atoms with van der Waals surface area (Å²) < 4.78 is 0. The SMILES string of the molecule is Cl.NC1C(=O)N2C=C(C(=O)O)CS[C@H]12. The smallest absolute Gasteiger partial charge is 0.333 e. The monoisotopic (exact) mass is 236 g/mol. The minimum Gasteiger partial charge on any atom is -0.478 e. The number of carboxylic acids is 1. The summed E-state index contributed by atoms with van der Waals surface area (Å²) in [6.45, 7) is 0. The number of carbonyl (C=O) groups is 2. The van der Waals surface area contributed by atoms with Crippen molar-refractivity contribution in [2.75, 3.05) is 5.75 Å². The molecule has 14 heavy (non-hydrogen) atoms. The largest absolute Gasteiger partial charge is 0.478 e. The van der Waals surface area contributed by atoms with E-state index in [9.17, 15) is 9.59 Å². The van der Waals surface area contributed by atoms with Crippen LogP contribution < -0.4 is 5.73 Å². The second-order valence-corrected chi connectivity index (χ2v) is 4.04. The van der Waals surface area contributed by atoms with Crippen LogP contribution in [0.5, 0.6) is 0 Å². The molecule has 0 saturated carbocycles. The molecule has 0 aromatic carbocycles. The van der Waals surface area contributed by atoms with Crippen LogP contribution in [0.15, 0.2) is 11.8 Å². The van der Waals surface area contributed by atoms with Crippen LogP contribution in [0, 0.1) is 0 Å². The van der Waals surface area contributed by atoms with Gasteiger partial charge in [0.15, 0.2) is 0 Å². The lowest BCUT2D eigenvalue weighted by molar-refractivity contribution is -0.140. The summed E-state index contributed by atoms with van der Waals surface area (Å²) in [5.74, 6) is -0.757. The lowest BCUT2D eigenvalue weighted by Gasteiger charge is -2.45. The number of nitrogens with zero attached hydrogens (tertiary/aromatic N) is 1. The van der Waals surface area contributed by atoms with Crippen molar-refractivity contribution in [1.82, 2.24) is 4.90 Å². The minimum atomic E-state index is -0.973. The van der Waals surface area contributed by atoms with Crippen LogP contribution in [0.25, 0.3) is 0 Å². The van der Waals surface area contributed by atoms with Gasteiger partial charge in [-0.15, -0.1) is 24.2 Å². The number of β-lactam (4-membered cyclic amide) rings is 1. The topological polar surface area (TPSA) is 83.6 Å². The summed E-state index contributed by atoms with van der Waals surface area (Å²) in [7, 11) is 0. The van der Waals surface area contributed by atoms with Crippen LogP contribution in [-0.2, 0) is 9.59 Å². The van der Waals surface area contributed by atoms with E-state index in [1.165, 1.54) is 22.9 Å². The maximum absolute atomic E-state index is 11.1. The Balaban J connectivity index is 0.000000980. The molecule has 0 spiro atoms. The van der Waals surface area contributed by atoms with E-state index in [1.807, 2.05) is 0 Å². The number of hydrogen-bond acceptors (Lipinski definition) is 4. The summed E-state index contributed by atoms with van der Waals surface area (Å²) in [4.78, 5) is 23.1. The normalized spacial score (nSPS) is 29.6. The first-order valence-corrected chi connectivity index (χ1v) is 4.79. The molecule has 1 unspecified atom stereocenters. The van der Waals surface area contributed by atoms with E-state index < -0.39 is 12.0 Å². The quantitative estimate of drug-likeness (QED) is 0.607. The molecule has 78 valence electrons. The number of thioether (sulfide) groups is 1. The van der Waals surface area contributed by atoms with Crippen molar-refractivity contribution < 1.29 is 14.7 Å². The zero-order valence-electron chi connectivity index (χ0n) is 7.04. The van der Waals surface area contributed by atoms with Crippen LogP contribution in [0.3, 0.4) is 0 Å². The van der Waals surface area contributed by atoms with Crippen molar-refractivity contribution >= 4 is 36.0 Å². The summed E-state index contributed by atoms with van der Waals surface area (Å²) in [5, 5.41) is 8.61. The van der Waals surface area contributed by atoms with Crippen molar-refractivity contribution in [3.05, 3.63) is 11.8 Å². The van der Waals surface area contributed by atoms with Gasteiger partial charge >= 0.3 is 5.97 Å². The lowest BCUT2D eigenvalue weighted by atomic mass is 10.1. The highest BCUT2D eigenvalue weighted by molar-refractivity contribution is 8.00. The number of nitrogens with two attached hydrogens (primary N) is 1. The Hall–Kier alpha value is -0.720. The van der Waals surface area contributed by atoms with Gasteiger partial charge in [-0.25, -0.2) is 4.79 Å². The van der Waals surface area contributed by atoms with Gasteiger partial charge in [0.1, 0.15) is 11.4 Å². The average Bonchev–Trinajstić information content (AvgIpc) is 2.15. The summed E-state index contributed by atoms with van der Waals surface area (Å²) >= 11 is 1.39. The molecule has 2 heterocycles. The van der Waals surface area contributed by atoms with Crippen LogP contribution >= 0.6 is 24.2 Å². The van der Waals surface area contributed by atoms with Gasteiger partial charge in [-0.1, -0.05) is 0 Å². The van der Waals surface area contributed by atoms with E-state index in [0.717, 1.165) is 0 Å². The third-order valence-electron chi connectivity index (χ3n) is 2.10. The number of hydrogen-bond donors (Lipinski definition) is 2. The maximum atomic E-state index is 11.1. The van der Waals surface area contributed by atoms with Gasteiger partial charge in [0.05, 0.1) is 5.57 Å². The number of carboxylic acid groups (broad SMARTS) is 1. The molecule has 1 saturated heterocycles. The predicted molar refractivity (Wildman–Crippen MR) is 54.0 cm³/mol. The predicted octanol–water partition coefficient (Wildman–Crippen LogP) is -0.381. The fourth-order valence-corrected chi connectivity index (χ4v) is 2.53. The third kappa shape index (κ3) is 1.49. The Bertz CT molecular complexity index is 320. The first-order chi connectivity index (χ1) is 6.11. The second kappa shape index (κ2) is 3.80. The number of rotatable bonds is 1. The van der Waals surface area contributed by atoms with Crippen molar-refractivity contribution in [1.29, 1.82) is 0 Å². The highest BCUT2D eigenvalue weighted by Gasteiger charge is 2.46. The molecule has 1 amide bonds. The molecule has 2 atom stereocenters. The number of carbonyl (C=O) groups excluding carboxylic acids is 1. The van der Waals surface area contributed by atoms with Crippen LogP contribution in [0.1, 0.15) is 0 Å². The minimum absolute atomic E-state index is 0. The molecular weight excluding hydrogens is 228 g/mol. The van der Waals surface area contributed by atoms with E-state index in [1.54, 1.807) is 0 Å². The molecule has 2 rings (SSSR count). The molecule has 3 N–H and O–H groups in total. The van der Waals surface area contributed by atoms with Crippen molar-refractivity contribution in [3.8, 4) is 0 Å². The van der Waals surface area contributed by atoms with Gasteiger partial charge in [-0.3, -0.25) is 4.79 Å². The molecule has 0 aliphatic carbocycles. The Morgan fingerprint density at radius 2 is 2.36 bits per heavy atom. The molecular formula is C7H9ClN2O3S. The Morgan fingerprint density at radius 1 is 1.71 bits per heavy atom. The third-order valence-corrected chi connectivity index (χ3v) is 3.44. The number of fused-ring (bicyclic) bond motifs is 1. The summed E-state index contributed by atoms with van der Waals surface area (Å²) in [5.41, 5.74) is 5.76. The molecule has 0 radical (unpaired) electrons. The van der Waals surface area contributed by atoms with E-state index in [-0.39, 0.29) is 29.3 Å². The zero-order valence-corrected chi connectivity index (χ0v) is 8.68. The zero-order chi connectivity index (χ0) is 9.59. The first kappa shape index (κ1) is 11.4. The van der Waals surface area contributed by atoms with Gasteiger partial charge in [0.25, 0.3) is 0 Å². The van der Waals surface area contributed by atoms with Gasteiger partial charge in [0, 0.05) is 12.0 Å². The second-order valence-electron chi connectivity index (χ2n) is 2.93. The summed E-state index contributed by atoms with van der Waals surface area (Å²) in [6, 6.07) is -0.461.